The summed E-state index contributed by atoms with van der Waals surface area (Å²) in [6, 6.07) is 0.479. The summed E-state index contributed by atoms with van der Waals surface area (Å²) < 4.78 is 0. The van der Waals surface area contributed by atoms with Crippen LogP contribution in [0.4, 0.5) is 5.82 Å². The van der Waals surface area contributed by atoms with Crippen LogP contribution in [-0.2, 0) is 0 Å². The van der Waals surface area contributed by atoms with Gasteiger partial charge in [-0.3, -0.25) is 9.97 Å². The van der Waals surface area contributed by atoms with E-state index in [1.807, 2.05) is 0 Å². The van der Waals surface area contributed by atoms with Crippen molar-refractivity contribution < 1.29 is 0 Å². The number of halogens is 3. The van der Waals surface area contributed by atoms with Crippen molar-refractivity contribution in [2.24, 2.45) is 5.92 Å². The van der Waals surface area contributed by atoms with Crippen LogP contribution in [0.15, 0.2) is 24.8 Å². The fourth-order valence-electron chi connectivity index (χ4n) is 1.68. The van der Waals surface area contributed by atoms with Gasteiger partial charge < -0.3 is 5.32 Å². The number of anilines is 1. The van der Waals surface area contributed by atoms with Gasteiger partial charge in [0.25, 0.3) is 0 Å². The molecule has 1 aliphatic carbocycles. The molecule has 0 aromatic carbocycles. The summed E-state index contributed by atoms with van der Waals surface area (Å²) in [5, 5.41) is 4.36. The fraction of sp³-hybridized carbons (Fsp3) is 0.385. The Hall–Kier alpha value is -1.17. The molecule has 1 aliphatic rings. The lowest BCUT2D eigenvalue weighted by molar-refractivity contribution is 0.690. The van der Waals surface area contributed by atoms with E-state index in [0.717, 1.165) is 11.7 Å². The third-order valence-electron chi connectivity index (χ3n) is 2.89. The molecule has 0 spiro atoms. The highest BCUT2D eigenvalue weighted by Gasteiger charge is 2.27. The van der Waals surface area contributed by atoms with E-state index in [9.17, 15) is 0 Å². The minimum atomic E-state index is 0.317. The van der Waals surface area contributed by atoms with Crippen molar-refractivity contribution in [3.8, 4) is 0 Å². The van der Waals surface area contributed by atoms with E-state index in [1.165, 1.54) is 31.4 Å². The molecule has 112 valence electrons. The van der Waals surface area contributed by atoms with Gasteiger partial charge >= 0.3 is 0 Å². The highest BCUT2D eigenvalue weighted by molar-refractivity contribution is 6.32. The minimum Gasteiger partial charge on any atom is -0.366 e. The number of hydrogen-bond acceptors (Lipinski definition) is 5. The zero-order chi connectivity index (χ0) is 15.2. The molecule has 21 heavy (non-hydrogen) atoms. The van der Waals surface area contributed by atoms with E-state index in [-0.39, 0.29) is 0 Å². The van der Waals surface area contributed by atoms with Gasteiger partial charge in [-0.1, -0.05) is 34.8 Å². The quantitative estimate of drug-likeness (QED) is 0.905. The van der Waals surface area contributed by atoms with Crippen LogP contribution in [-0.4, -0.2) is 26.0 Å². The van der Waals surface area contributed by atoms with Crippen molar-refractivity contribution in [1.82, 2.24) is 19.9 Å². The Kier molecular flexibility index (Phi) is 5.96. The molecule has 3 rings (SSSR count). The average Bonchev–Trinajstić information content (AvgIpc) is 3.23. The van der Waals surface area contributed by atoms with Gasteiger partial charge in [-0.2, -0.15) is 0 Å². The van der Waals surface area contributed by atoms with Crippen LogP contribution in [0.2, 0.25) is 15.5 Å². The summed E-state index contributed by atoms with van der Waals surface area (Å²) in [4.78, 5) is 15.4. The van der Waals surface area contributed by atoms with Gasteiger partial charge in [-0.25, -0.2) is 9.97 Å². The van der Waals surface area contributed by atoms with Crippen LogP contribution >= 0.6 is 34.8 Å². The minimum absolute atomic E-state index is 0.317. The Morgan fingerprint density at radius 1 is 0.952 bits per heavy atom. The number of nitrogens with one attached hydrogen (secondary N) is 1. The van der Waals surface area contributed by atoms with E-state index < -0.39 is 0 Å². The van der Waals surface area contributed by atoms with Gasteiger partial charge in [0.15, 0.2) is 0 Å². The number of hydrogen-bond donors (Lipinski definition) is 1. The van der Waals surface area contributed by atoms with Crippen molar-refractivity contribution in [3.05, 3.63) is 40.2 Å². The molecule has 0 aliphatic heterocycles. The van der Waals surface area contributed by atoms with E-state index >= 15 is 0 Å². The van der Waals surface area contributed by atoms with Gasteiger partial charge in [0.05, 0.1) is 24.8 Å². The van der Waals surface area contributed by atoms with Crippen molar-refractivity contribution in [3.63, 3.8) is 0 Å². The van der Waals surface area contributed by atoms with Crippen LogP contribution in [0.5, 0.6) is 0 Å². The van der Waals surface area contributed by atoms with Gasteiger partial charge in [0, 0.05) is 6.04 Å². The highest BCUT2D eigenvalue weighted by Crippen LogP contribution is 2.33. The summed E-state index contributed by atoms with van der Waals surface area (Å²) >= 11 is 16.5. The monoisotopic (exact) mass is 345 g/mol. The molecule has 2 heterocycles. The zero-order valence-electron chi connectivity index (χ0n) is 11.3. The molecular formula is C13H14Cl3N5. The van der Waals surface area contributed by atoms with Crippen molar-refractivity contribution in [2.45, 2.75) is 25.8 Å². The second-order valence-corrected chi connectivity index (χ2v) is 5.82. The predicted molar refractivity (Wildman–Crippen MR) is 84.9 cm³/mol. The van der Waals surface area contributed by atoms with Crippen molar-refractivity contribution in [1.29, 1.82) is 0 Å². The van der Waals surface area contributed by atoms with Gasteiger partial charge in [0.2, 0.25) is 0 Å². The van der Waals surface area contributed by atoms with E-state index in [1.54, 1.807) is 6.20 Å². The molecule has 0 amide bonds. The summed E-state index contributed by atoms with van der Waals surface area (Å²) in [5.74, 6) is 1.58. The Bertz CT molecular complexity index is 574. The normalized spacial score (nSPS) is 14.9. The molecule has 2 aromatic heterocycles. The first-order valence-corrected chi connectivity index (χ1v) is 7.55. The third-order valence-corrected chi connectivity index (χ3v) is 3.43. The Balaban J connectivity index is 0.000000173. The Morgan fingerprint density at radius 2 is 1.48 bits per heavy atom. The first-order valence-electron chi connectivity index (χ1n) is 6.41. The van der Waals surface area contributed by atoms with E-state index in [4.69, 9.17) is 34.8 Å². The smallest absolute Gasteiger partial charge is 0.149 e. The van der Waals surface area contributed by atoms with Gasteiger partial charge in [-0.05, 0) is 25.7 Å². The molecule has 0 unspecified atom stereocenters. The zero-order valence-corrected chi connectivity index (χ0v) is 13.6. The van der Waals surface area contributed by atoms with E-state index in [2.05, 4.69) is 32.2 Å². The molecule has 1 saturated carbocycles. The van der Waals surface area contributed by atoms with Crippen LogP contribution < -0.4 is 5.32 Å². The summed E-state index contributed by atoms with van der Waals surface area (Å²) in [7, 11) is 0. The first-order chi connectivity index (χ1) is 10.0. The van der Waals surface area contributed by atoms with Gasteiger partial charge in [0.1, 0.15) is 21.3 Å². The third kappa shape index (κ3) is 5.99. The maximum absolute atomic E-state index is 5.71. The summed E-state index contributed by atoms with van der Waals surface area (Å²) in [6.45, 7) is 2.17. The molecule has 1 fully saturated rings. The van der Waals surface area contributed by atoms with Crippen LogP contribution in [0.1, 0.15) is 19.8 Å². The molecule has 0 saturated heterocycles. The SMILES string of the molecule is C[C@H](Nc1cncc(Cl)n1)C1CC1.Clc1cncc(Cl)n1. The molecule has 0 bridgehead atoms. The molecule has 8 heteroatoms. The average molecular weight is 347 g/mol. The van der Waals surface area contributed by atoms with E-state index in [0.29, 0.717) is 21.5 Å². The summed E-state index contributed by atoms with van der Waals surface area (Å²) in [6.07, 6.45) is 8.73. The summed E-state index contributed by atoms with van der Waals surface area (Å²) in [5.41, 5.74) is 0. The van der Waals surface area contributed by atoms with Crippen LogP contribution in [0.3, 0.4) is 0 Å². The van der Waals surface area contributed by atoms with Crippen molar-refractivity contribution in [2.75, 3.05) is 5.32 Å². The lowest BCUT2D eigenvalue weighted by Gasteiger charge is -2.12. The topological polar surface area (TPSA) is 63.6 Å². The van der Waals surface area contributed by atoms with Crippen LogP contribution in [0.25, 0.3) is 0 Å². The fourth-order valence-corrected chi connectivity index (χ4v) is 2.16. The molecule has 1 atom stereocenters. The predicted octanol–water partition coefficient (Wildman–Crippen LogP) is 4.12. The maximum atomic E-state index is 5.71. The highest BCUT2D eigenvalue weighted by atomic mass is 35.5. The van der Waals surface area contributed by atoms with Gasteiger partial charge in [-0.15, -0.1) is 0 Å². The standard InChI is InChI=1S/C9H12ClN3.C4H2Cl2N2/c1-6(7-2-3-7)12-9-5-11-4-8(10)13-9;5-3-1-7-2-4(6)8-3/h4-7H,2-3H2,1H3,(H,12,13);1-2H/t6-;/m0./s1. The Labute approximate surface area is 138 Å². The molecule has 1 N–H and O–H groups in total. The molecule has 5 nitrogen and oxygen atoms in total. The number of rotatable bonds is 3. The first kappa shape index (κ1) is 16.2. The second-order valence-electron chi connectivity index (χ2n) is 4.66. The largest absolute Gasteiger partial charge is 0.366 e. The lowest BCUT2D eigenvalue weighted by Crippen LogP contribution is -2.18. The lowest BCUT2D eigenvalue weighted by atomic mass is 10.2. The number of nitrogens with zero attached hydrogens (tertiary/aromatic N) is 4. The molecular weight excluding hydrogens is 333 g/mol. The molecule has 0 radical (unpaired) electrons. The number of aromatic nitrogens is 4. The Morgan fingerprint density at radius 3 is 1.90 bits per heavy atom. The second kappa shape index (κ2) is 7.73. The van der Waals surface area contributed by atoms with Crippen molar-refractivity contribution >= 4 is 40.6 Å². The molecule has 2 aromatic rings. The van der Waals surface area contributed by atoms with Crippen LogP contribution in [0, 0.1) is 5.92 Å². The maximum Gasteiger partial charge on any atom is 0.149 e.